The summed E-state index contributed by atoms with van der Waals surface area (Å²) in [4.78, 5) is 0. The third-order valence-electron chi connectivity index (χ3n) is 0.199. The van der Waals surface area contributed by atoms with Crippen LogP contribution in [0.2, 0.25) is 0 Å². The normalized spacial score (nSPS) is 11.7. The Balaban J connectivity index is 3.60. The maximum atomic E-state index is 9.72. The van der Waals surface area contributed by atoms with Gasteiger partial charge in [0.15, 0.2) is 0 Å². The molecule has 0 aromatic heterocycles. The number of nitrogens with one attached hydrogen (secondary N) is 1. The van der Waals surface area contributed by atoms with Gasteiger partial charge in [0.25, 0.3) is 0 Å². The van der Waals surface area contributed by atoms with E-state index in [0.29, 0.717) is 0 Å². The molecule has 0 aliphatic carbocycles. The quantitative estimate of drug-likeness (QED) is 0.434. The molecule has 0 saturated heterocycles. The summed E-state index contributed by atoms with van der Waals surface area (Å²) in [7, 11) is -2.49. The first kappa shape index (κ1) is 6.83. The number of nitrogens with two attached hydrogens (primary N) is 1. The van der Waals surface area contributed by atoms with Crippen molar-refractivity contribution in [3.8, 4) is 0 Å². The summed E-state index contributed by atoms with van der Waals surface area (Å²) in [6, 6.07) is 0. The Hall–Kier alpha value is -0.170. The van der Waals surface area contributed by atoms with E-state index in [1.165, 1.54) is 7.05 Å². The molecule has 0 rings (SSSR count). The van der Waals surface area contributed by atoms with E-state index in [9.17, 15) is 8.42 Å². The fourth-order valence-electron chi connectivity index (χ4n) is 0.116. The van der Waals surface area contributed by atoms with Crippen LogP contribution in [0, 0.1) is 0 Å². The fourth-order valence-corrected chi connectivity index (χ4v) is 0.348. The average molecular weight is 126 g/mol. The Morgan fingerprint density at radius 2 is 2.14 bits per heavy atom. The van der Waals surface area contributed by atoms with Crippen LogP contribution < -0.4 is 10.6 Å². The second kappa shape index (κ2) is 2.22. The van der Waals surface area contributed by atoms with Crippen LogP contribution in [-0.4, -0.2) is 15.5 Å². The molecule has 0 fully saturated rings. The highest BCUT2D eigenvalue weighted by atomic mass is 32.2. The molecule has 5 nitrogen and oxygen atoms in total. The number of hydrogen-bond donors (Lipinski definition) is 2. The molecule has 7 heavy (non-hydrogen) atoms. The van der Waals surface area contributed by atoms with E-state index in [1.54, 1.807) is 0 Å². The molecule has 0 aliphatic rings. The first-order chi connectivity index (χ1) is 3.06. The Bertz CT molecular complexity index is 126. The molecule has 0 aromatic carbocycles. The summed E-state index contributed by atoms with van der Waals surface area (Å²) in [6.45, 7) is 0. The topological polar surface area (TPSA) is 81.4 Å². The molecule has 6 heteroatoms. The molecule has 0 heterocycles. The van der Waals surface area contributed by atoms with Crippen molar-refractivity contribution in [3.05, 3.63) is 0 Å². The van der Waals surface area contributed by atoms with Crippen molar-refractivity contribution in [1.29, 1.82) is 0 Å². The Morgan fingerprint density at radius 3 is 2.14 bits per heavy atom. The van der Waals surface area contributed by atoms with Crippen molar-refractivity contribution in [2.45, 2.75) is 0 Å². The third-order valence-corrected chi connectivity index (χ3v) is 0.598. The van der Waals surface area contributed by atoms with E-state index >= 15 is 0 Å². The van der Waals surface area contributed by atoms with Gasteiger partial charge in [-0.05, 0) is 0 Å². The molecule has 0 radical (unpaired) electrons. The van der Waals surface area contributed by atoms with Crippen molar-refractivity contribution >= 4 is 10.3 Å². The standard InChI is InChI=1S/CH6N2O3S/c1-3-6-7(2,4)5/h3H,1H3,(H2,2,4,5). The third kappa shape index (κ3) is 5.83. The first-order valence-corrected chi connectivity index (χ1v) is 2.91. The molecule has 0 unspecified atom stereocenters. The minimum absolute atomic E-state index is 1.30. The van der Waals surface area contributed by atoms with Crippen LogP contribution in [-0.2, 0) is 14.6 Å². The van der Waals surface area contributed by atoms with E-state index in [4.69, 9.17) is 0 Å². The Labute approximate surface area is 41.7 Å². The lowest BCUT2D eigenvalue weighted by Crippen LogP contribution is -2.22. The fraction of sp³-hybridized carbons (Fsp3) is 1.00. The van der Waals surface area contributed by atoms with Crippen LogP contribution in [0.3, 0.4) is 0 Å². The smallest absolute Gasteiger partial charge is 0.204 e. The summed E-state index contributed by atoms with van der Waals surface area (Å²) < 4.78 is 23.2. The molecule has 0 bridgehead atoms. The zero-order chi connectivity index (χ0) is 5.91. The minimum Gasteiger partial charge on any atom is -0.204 e. The maximum absolute atomic E-state index is 9.72. The highest BCUT2D eigenvalue weighted by Gasteiger charge is 1.95. The lowest BCUT2D eigenvalue weighted by atomic mass is 11.6. The number of hydroxylamine groups is 1. The molecule has 0 aliphatic heterocycles. The lowest BCUT2D eigenvalue weighted by Gasteiger charge is -1.91. The zero-order valence-electron chi connectivity index (χ0n) is 3.71. The van der Waals surface area contributed by atoms with Gasteiger partial charge in [0.05, 0.1) is 0 Å². The second-order valence-electron chi connectivity index (χ2n) is 0.780. The van der Waals surface area contributed by atoms with Gasteiger partial charge in [-0.2, -0.15) is 18.2 Å². The number of rotatable bonds is 2. The average Bonchev–Trinajstić information content (AvgIpc) is 1.30. The molecule has 0 atom stereocenters. The Kier molecular flexibility index (Phi) is 2.16. The van der Waals surface area contributed by atoms with Crippen LogP contribution in [0.15, 0.2) is 0 Å². The van der Waals surface area contributed by atoms with Crippen LogP contribution in [0.1, 0.15) is 0 Å². The van der Waals surface area contributed by atoms with E-state index in [1.807, 2.05) is 5.48 Å². The first-order valence-electron chi connectivity index (χ1n) is 1.44. The van der Waals surface area contributed by atoms with Crippen molar-refractivity contribution < 1.29 is 12.7 Å². The van der Waals surface area contributed by atoms with Gasteiger partial charge in [0.2, 0.25) is 0 Å². The molecule has 44 valence electrons. The number of hydrogen-bond acceptors (Lipinski definition) is 4. The van der Waals surface area contributed by atoms with E-state index in [-0.39, 0.29) is 0 Å². The van der Waals surface area contributed by atoms with E-state index in [0.717, 1.165) is 0 Å². The van der Waals surface area contributed by atoms with Crippen LogP contribution in [0.25, 0.3) is 0 Å². The minimum atomic E-state index is -3.79. The van der Waals surface area contributed by atoms with Gasteiger partial charge >= 0.3 is 10.3 Å². The molecule has 3 N–H and O–H groups in total. The van der Waals surface area contributed by atoms with Gasteiger partial charge in [-0.25, -0.2) is 5.14 Å². The molecule has 0 spiro atoms. The molecular weight excluding hydrogens is 120 g/mol. The van der Waals surface area contributed by atoms with E-state index < -0.39 is 10.3 Å². The summed E-state index contributed by atoms with van der Waals surface area (Å²) in [6.07, 6.45) is 0. The molecule has 0 saturated carbocycles. The van der Waals surface area contributed by atoms with Gasteiger partial charge < -0.3 is 0 Å². The van der Waals surface area contributed by atoms with Crippen molar-refractivity contribution in [1.82, 2.24) is 5.48 Å². The monoisotopic (exact) mass is 126 g/mol. The van der Waals surface area contributed by atoms with Crippen LogP contribution >= 0.6 is 0 Å². The van der Waals surface area contributed by atoms with Crippen LogP contribution in [0.4, 0.5) is 0 Å². The zero-order valence-corrected chi connectivity index (χ0v) is 4.53. The summed E-state index contributed by atoms with van der Waals surface area (Å²) in [5.41, 5.74) is 1.89. The molecular formula is CH6N2O3S. The largest absolute Gasteiger partial charge is 0.349 e. The predicted molar refractivity (Wildman–Crippen MR) is 23.3 cm³/mol. The predicted octanol–water partition coefficient (Wildman–Crippen LogP) is -1.66. The van der Waals surface area contributed by atoms with E-state index in [2.05, 4.69) is 9.42 Å². The van der Waals surface area contributed by atoms with Gasteiger partial charge in [-0.15, -0.1) is 0 Å². The molecule has 0 aromatic rings. The Morgan fingerprint density at radius 1 is 1.71 bits per heavy atom. The van der Waals surface area contributed by atoms with Gasteiger partial charge in [-0.1, -0.05) is 0 Å². The van der Waals surface area contributed by atoms with Crippen molar-refractivity contribution in [3.63, 3.8) is 0 Å². The summed E-state index contributed by atoms with van der Waals surface area (Å²) in [5, 5.41) is 4.33. The van der Waals surface area contributed by atoms with Crippen LogP contribution in [0.5, 0.6) is 0 Å². The summed E-state index contributed by atoms with van der Waals surface area (Å²) >= 11 is 0. The lowest BCUT2D eigenvalue weighted by molar-refractivity contribution is 0.231. The second-order valence-corrected chi connectivity index (χ2v) is 1.93. The molecule has 0 amide bonds. The SMILES string of the molecule is CNOS(N)(=O)=O. The van der Waals surface area contributed by atoms with Crippen molar-refractivity contribution in [2.75, 3.05) is 7.05 Å². The van der Waals surface area contributed by atoms with Gasteiger partial charge in [-0.3, -0.25) is 0 Å². The highest BCUT2D eigenvalue weighted by molar-refractivity contribution is 7.84. The van der Waals surface area contributed by atoms with Gasteiger partial charge in [0.1, 0.15) is 0 Å². The maximum Gasteiger partial charge on any atom is 0.349 e. The van der Waals surface area contributed by atoms with Gasteiger partial charge in [0, 0.05) is 7.05 Å². The summed E-state index contributed by atoms with van der Waals surface area (Å²) in [5.74, 6) is 0. The van der Waals surface area contributed by atoms with Crippen molar-refractivity contribution in [2.24, 2.45) is 5.14 Å². The highest BCUT2D eigenvalue weighted by Crippen LogP contribution is 1.69.